The Kier molecular flexibility index (Phi) is 8.30. The number of anilines is 1. The molecule has 0 unspecified atom stereocenters. The number of hydrogen-bond acceptors (Lipinski definition) is 6. The fraction of sp³-hybridized carbons (Fsp3) is 0.417. The van der Waals surface area contributed by atoms with Crippen molar-refractivity contribution in [1.82, 2.24) is 0 Å². The van der Waals surface area contributed by atoms with Gasteiger partial charge in [-0.1, -0.05) is 32.0 Å². The van der Waals surface area contributed by atoms with Crippen molar-refractivity contribution in [3.8, 4) is 17.2 Å². The van der Waals surface area contributed by atoms with Gasteiger partial charge >= 0.3 is 5.97 Å². The highest BCUT2D eigenvalue weighted by atomic mass is 16.5. The van der Waals surface area contributed by atoms with Crippen LogP contribution >= 0.6 is 0 Å². The van der Waals surface area contributed by atoms with E-state index in [1.807, 2.05) is 25.1 Å². The summed E-state index contributed by atoms with van der Waals surface area (Å²) in [6.07, 6.45) is -0.996. The van der Waals surface area contributed by atoms with Gasteiger partial charge in [-0.05, 0) is 48.6 Å². The summed E-state index contributed by atoms with van der Waals surface area (Å²) in [5.74, 6) is 0.648. The zero-order valence-electron chi connectivity index (χ0n) is 19.2. The third kappa shape index (κ3) is 5.90. The number of carbonyl (C=O) groups is 2. The van der Waals surface area contributed by atoms with Crippen LogP contribution in [0.2, 0.25) is 0 Å². The Hall–Kier alpha value is -3.22. The topological polar surface area (TPSA) is 83.1 Å². The Morgan fingerprint density at radius 2 is 1.58 bits per heavy atom. The molecule has 168 valence electrons. The first kappa shape index (κ1) is 24.1. The number of rotatable bonds is 9. The van der Waals surface area contributed by atoms with E-state index in [9.17, 15) is 9.59 Å². The van der Waals surface area contributed by atoms with Crippen molar-refractivity contribution in [2.45, 2.75) is 46.1 Å². The minimum absolute atomic E-state index is 0.0457. The van der Waals surface area contributed by atoms with Gasteiger partial charge in [0.25, 0.3) is 5.91 Å². The zero-order valence-corrected chi connectivity index (χ0v) is 19.2. The van der Waals surface area contributed by atoms with Gasteiger partial charge in [-0.3, -0.25) is 9.59 Å². The number of esters is 1. The molecule has 1 N–H and O–H groups in total. The largest absolute Gasteiger partial charge is 0.493 e. The molecular weight excluding hydrogens is 398 g/mol. The monoisotopic (exact) mass is 429 g/mol. The highest BCUT2D eigenvalue weighted by molar-refractivity contribution is 5.96. The Labute approximate surface area is 183 Å². The average Bonchev–Trinajstić information content (AvgIpc) is 2.73. The zero-order chi connectivity index (χ0) is 23.1. The molecule has 0 radical (unpaired) electrons. The van der Waals surface area contributed by atoms with Crippen molar-refractivity contribution in [3.05, 3.63) is 47.0 Å². The van der Waals surface area contributed by atoms with Crippen LogP contribution < -0.4 is 19.5 Å². The molecule has 7 nitrogen and oxygen atoms in total. The van der Waals surface area contributed by atoms with Gasteiger partial charge in [-0.25, -0.2) is 0 Å². The second-order valence-electron chi connectivity index (χ2n) is 7.53. The second-order valence-corrected chi connectivity index (χ2v) is 7.53. The summed E-state index contributed by atoms with van der Waals surface area (Å²) >= 11 is 0. The molecule has 0 aromatic heterocycles. The number of amides is 1. The highest BCUT2D eigenvalue weighted by Gasteiger charge is 2.22. The Balaban J connectivity index is 2.09. The molecular formula is C24H31NO6. The SMILES string of the molecule is COc1cc(CC(=O)O[C@H](C)C(=O)Nc2c(C)cccc2C(C)C)cc(OC)c1OC. The highest BCUT2D eigenvalue weighted by Crippen LogP contribution is 2.38. The van der Waals surface area contributed by atoms with Crippen molar-refractivity contribution in [1.29, 1.82) is 0 Å². The molecule has 0 aliphatic heterocycles. The smallest absolute Gasteiger partial charge is 0.311 e. The maximum absolute atomic E-state index is 12.7. The number of carbonyl (C=O) groups excluding carboxylic acids is 2. The van der Waals surface area contributed by atoms with Crippen LogP contribution in [0.25, 0.3) is 0 Å². The molecule has 1 atom stereocenters. The van der Waals surface area contributed by atoms with E-state index in [0.29, 0.717) is 22.8 Å². The van der Waals surface area contributed by atoms with Crippen LogP contribution in [0.15, 0.2) is 30.3 Å². The van der Waals surface area contributed by atoms with Gasteiger partial charge < -0.3 is 24.3 Å². The molecule has 2 aromatic rings. The van der Waals surface area contributed by atoms with Crippen LogP contribution in [-0.2, 0) is 20.7 Å². The van der Waals surface area contributed by atoms with E-state index in [-0.39, 0.29) is 18.2 Å². The molecule has 1 amide bonds. The van der Waals surface area contributed by atoms with Crippen LogP contribution in [0.1, 0.15) is 43.4 Å². The van der Waals surface area contributed by atoms with Crippen LogP contribution in [-0.4, -0.2) is 39.3 Å². The fourth-order valence-corrected chi connectivity index (χ4v) is 3.26. The molecule has 0 aliphatic carbocycles. The lowest BCUT2D eigenvalue weighted by atomic mass is 9.98. The van der Waals surface area contributed by atoms with Gasteiger partial charge in [0.1, 0.15) is 0 Å². The number of methoxy groups -OCH3 is 3. The van der Waals surface area contributed by atoms with Crippen molar-refractivity contribution in [3.63, 3.8) is 0 Å². The molecule has 0 fully saturated rings. The number of para-hydroxylation sites is 1. The number of hydrogen-bond donors (Lipinski definition) is 1. The van der Waals surface area contributed by atoms with Gasteiger partial charge in [-0.15, -0.1) is 0 Å². The van der Waals surface area contributed by atoms with Crippen LogP contribution in [0.4, 0.5) is 5.69 Å². The van der Waals surface area contributed by atoms with E-state index in [4.69, 9.17) is 18.9 Å². The van der Waals surface area contributed by atoms with Crippen molar-refractivity contribution < 1.29 is 28.5 Å². The first-order valence-electron chi connectivity index (χ1n) is 10.1. The molecule has 31 heavy (non-hydrogen) atoms. The second kappa shape index (κ2) is 10.7. The standard InChI is InChI=1S/C24H31NO6/c1-14(2)18-10-8-9-15(3)22(18)25-24(27)16(4)31-21(26)13-17-11-19(28-5)23(30-7)20(12-17)29-6/h8-12,14,16H,13H2,1-7H3,(H,25,27)/t16-/m1/s1. The van der Waals surface area contributed by atoms with E-state index in [1.54, 1.807) is 19.1 Å². The van der Waals surface area contributed by atoms with E-state index in [1.165, 1.54) is 21.3 Å². The summed E-state index contributed by atoms with van der Waals surface area (Å²) in [6.45, 7) is 7.61. The van der Waals surface area contributed by atoms with E-state index in [0.717, 1.165) is 16.8 Å². The van der Waals surface area contributed by atoms with E-state index >= 15 is 0 Å². The molecule has 0 aliphatic rings. The maximum atomic E-state index is 12.7. The number of ether oxygens (including phenoxy) is 4. The van der Waals surface area contributed by atoms with Crippen LogP contribution in [0.5, 0.6) is 17.2 Å². The molecule has 7 heteroatoms. The number of aryl methyl sites for hydroxylation is 1. The summed E-state index contributed by atoms with van der Waals surface area (Å²) in [5.41, 5.74) is 3.36. The summed E-state index contributed by atoms with van der Waals surface area (Å²) in [5, 5.41) is 2.91. The Morgan fingerprint density at radius 3 is 2.10 bits per heavy atom. The lowest BCUT2D eigenvalue weighted by Crippen LogP contribution is -2.31. The summed E-state index contributed by atoms with van der Waals surface area (Å²) in [4.78, 5) is 25.1. The summed E-state index contributed by atoms with van der Waals surface area (Å²) in [6, 6.07) is 9.23. The van der Waals surface area contributed by atoms with Crippen LogP contribution in [0.3, 0.4) is 0 Å². The van der Waals surface area contributed by atoms with Gasteiger partial charge in [0.15, 0.2) is 17.6 Å². The number of benzene rings is 2. The van der Waals surface area contributed by atoms with Gasteiger partial charge in [0.2, 0.25) is 5.75 Å². The molecule has 0 bridgehead atoms. The quantitative estimate of drug-likeness (QED) is 0.600. The van der Waals surface area contributed by atoms with Gasteiger partial charge in [0.05, 0.1) is 27.8 Å². The number of nitrogens with one attached hydrogen (secondary N) is 1. The molecule has 0 saturated heterocycles. The molecule has 2 rings (SSSR count). The Morgan fingerprint density at radius 1 is 0.968 bits per heavy atom. The molecule has 0 spiro atoms. The Bertz CT molecular complexity index is 913. The van der Waals surface area contributed by atoms with E-state index < -0.39 is 12.1 Å². The lowest BCUT2D eigenvalue weighted by Gasteiger charge is -2.19. The molecule has 0 saturated carbocycles. The first-order valence-corrected chi connectivity index (χ1v) is 10.1. The first-order chi connectivity index (χ1) is 14.7. The van der Waals surface area contributed by atoms with Gasteiger partial charge in [0, 0.05) is 5.69 Å². The predicted molar refractivity (Wildman–Crippen MR) is 119 cm³/mol. The molecule has 0 heterocycles. The summed E-state index contributed by atoms with van der Waals surface area (Å²) < 4.78 is 21.3. The summed E-state index contributed by atoms with van der Waals surface area (Å²) in [7, 11) is 4.51. The third-order valence-corrected chi connectivity index (χ3v) is 4.93. The fourth-order valence-electron chi connectivity index (χ4n) is 3.26. The van der Waals surface area contributed by atoms with Crippen LogP contribution in [0, 0.1) is 6.92 Å². The van der Waals surface area contributed by atoms with Crippen molar-refractivity contribution in [2.75, 3.05) is 26.6 Å². The normalized spacial score (nSPS) is 11.6. The van der Waals surface area contributed by atoms with Crippen molar-refractivity contribution >= 4 is 17.6 Å². The molecule has 2 aromatic carbocycles. The minimum Gasteiger partial charge on any atom is -0.493 e. The third-order valence-electron chi connectivity index (χ3n) is 4.93. The van der Waals surface area contributed by atoms with E-state index in [2.05, 4.69) is 19.2 Å². The maximum Gasteiger partial charge on any atom is 0.311 e. The van der Waals surface area contributed by atoms with Gasteiger partial charge in [-0.2, -0.15) is 0 Å². The minimum atomic E-state index is -0.950. The van der Waals surface area contributed by atoms with Crippen molar-refractivity contribution in [2.24, 2.45) is 0 Å². The average molecular weight is 430 g/mol. The lowest BCUT2D eigenvalue weighted by molar-refractivity contribution is -0.152. The predicted octanol–water partition coefficient (Wildman–Crippen LogP) is 4.26.